The van der Waals surface area contributed by atoms with Crippen LogP contribution in [0, 0.1) is 11.7 Å². The Kier molecular flexibility index (Phi) is 7.48. The molecule has 1 unspecified atom stereocenters. The minimum atomic E-state index is -4.90. The lowest BCUT2D eigenvalue weighted by Gasteiger charge is -2.17. The van der Waals surface area contributed by atoms with Gasteiger partial charge in [-0.05, 0) is 30.7 Å². The number of nitrogens with one attached hydrogen (secondary N) is 2. The molecule has 0 spiro atoms. The number of carbonyl (C=O) groups is 1. The van der Waals surface area contributed by atoms with Gasteiger partial charge < -0.3 is 14.8 Å². The van der Waals surface area contributed by atoms with Crippen molar-refractivity contribution in [3.8, 4) is 17.4 Å². The van der Waals surface area contributed by atoms with E-state index < -0.39 is 44.5 Å². The normalized spacial score (nSPS) is 13.1. The number of carbonyl (C=O) groups excluding carboxylic acids is 1. The molecule has 0 aliphatic carbocycles. The van der Waals surface area contributed by atoms with Crippen molar-refractivity contribution in [1.82, 2.24) is 10.2 Å². The first-order valence-electron chi connectivity index (χ1n) is 9.53. The second-order valence-corrected chi connectivity index (χ2v) is 10.2. The van der Waals surface area contributed by atoms with Gasteiger partial charge in [-0.15, -0.1) is 10.2 Å². The van der Waals surface area contributed by atoms with Gasteiger partial charge in [-0.3, -0.25) is 4.79 Å². The summed E-state index contributed by atoms with van der Waals surface area (Å²) in [5, 5.41) is 9.29. The Morgan fingerprint density at radius 2 is 1.74 bits per heavy atom. The fraction of sp³-hybridized carbons (Fsp3) is 0.190. The lowest BCUT2D eigenvalue weighted by Crippen LogP contribution is -2.21. The molecule has 1 aromatic heterocycles. The van der Waals surface area contributed by atoms with Crippen molar-refractivity contribution in [2.45, 2.75) is 18.0 Å². The van der Waals surface area contributed by atoms with E-state index in [1.165, 1.54) is 49.8 Å². The fourth-order valence-electron chi connectivity index (χ4n) is 2.97. The summed E-state index contributed by atoms with van der Waals surface area (Å²) < 4.78 is 71.0. The SMILES string of the molecule is COc1cc(Cl)c(Cl)cc1Oc1nnc(C(F)(F)F)c(C)c1C(=O)Nc1cccc(S(C)(=N)=O)c1. The monoisotopic (exact) mass is 548 g/mol. The van der Waals surface area contributed by atoms with Crippen LogP contribution in [-0.4, -0.2) is 33.7 Å². The summed E-state index contributed by atoms with van der Waals surface area (Å²) in [4.78, 5) is 13.3. The van der Waals surface area contributed by atoms with Gasteiger partial charge in [0.2, 0.25) is 0 Å². The van der Waals surface area contributed by atoms with Crippen molar-refractivity contribution < 1.29 is 31.6 Å². The van der Waals surface area contributed by atoms with Gasteiger partial charge in [-0.1, -0.05) is 29.3 Å². The molecule has 0 aliphatic heterocycles. The van der Waals surface area contributed by atoms with E-state index in [-0.39, 0.29) is 32.1 Å². The van der Waals surface area contributed by atoms with Gasteiger partial charge in [0.1, 0.15) is 5.56 Å². The van der Waals surface area contributed by atoms with Crippen LogP contribution in [0.2, 0.25) is 10.0 Å². The minimum absolute atomic E-state index is 0.0560. The van der Waals surface area contributed by atoms with Crippen LogP contribution < -0.4 is 14.8 Å². The number of ether oxygens (including phenoxy) is 2. The fourth-order valence-corrected chi connectivity index (χ4v) is 3.97. The Morgan fingerprint density at radius 1 is 1.11 bits per heavy atom. The summed E-state index contributed by atoms with van der Waals surface area (Å²) in [6, 6.07) is 8.14. The highest BCUT2D eigenvalue weighted by Crippen LogP contribution is 2.40. The van der Waals surface area contributed by atoms with Crippen molar-refractivity contribution in [2.75, 3.05) is 18.7 Å². The Hall–Kier alpha value is -3.09. The van der Waals surface area contributed by atoms with Gasteiger partial charge in [0, 0.05) is 29.0 Å². The summed E-state index contributed by atoms with van der Waals surface area (Å²) in [6.45, 7) is 1.05. The Balaban J connectivity index is 2.12. The molecule has 14 heteroatoms. The third kappa shape index (κ3) is 5.95. The number of hydrogen-bond acceptors (Lipinski definition) is 7. The molecule has 0 saturated heterocycles. The third-order valence-corrected chi connectivity index (χ3v) is 6.51. The van der Waals surface area contributed by atoms with Crippen LogP contribution in [0.3, 0.4) is 0 Å². The second-order valence-electron chi connectivity index (χ2n) is 7.20. The van der Waals surface area contributed by atoms with Crippen LogP contribution in [0.25, 0.3) is 0 Å². The number of benzene rings is 2. The Bertz CT molecular complexity index is 1420. The first-order chi connectivity index (χ1) is 16.2. The molecule has 1 amide bonds. The van der Waals surface area contributed by atoms with E-state index in [0.29, 0.717) is 0 Å². The zero-order valence-corrected chi connectivity index (χ0v) is 20.6. The van der Waals surface area contributed by atoms with Gasteiger partial charge in [0.15, 0.2) is 17.2 Å². The van der Waals surface area contributed by atoms with Gasteiger partial charge in [0.05, 0.1) is 26.9 Å². The minimum Gasteiger partial charge on any atom is -0.493 e. The summed E-state index contributed by atoms with van der Waals surface area (Å²) in [5.41, 5.74) is -2.39. The lowest BCUT2D eigenvalue weighted by molar-refractivity contribution is -0.142. The maximum absolute atomic E-state index is 13.5. The molecule has 0 bridgehead atoms. The number of hydrogen-bond donors (Lipinski definition) is 2. The van der Waals surface area contributed by atoms with Gasteiger partial charge >= 0.3 is 6.18 Å². The average Bonchev–Trinajstić information content (AvgIpc) is 2.74. The van der Waals surface area contributed by atoms with E-state index >= 15 is 0 Å². The van der Waals surface area contributed by atoms with E-state index in [0.717, 1.165) is 6.92 Å². The van der Waals surface area contributed by atoms with E-state index in [2.05, 4.69) is 15.5 Å². The average molecular weight is 549 g/mol. The van der Waals surface area contributed by atoms with Crippen LogP contribution in [0.5, 0.6) is 17.4 Å². The van der Waals surface area contributed by atoms with Crippen molar-refractivity contribution in [3.63, 3.8) is 0 Å². The summed E-state index contributed by atoms with van der Waals surface area (Å²) in [7, 11) is -1.81. The maximum Gasteiger partial charge on any atom is 0.435 e. The number of amides is 1. The van der Waals surface area contributed by atoms with Crippen molar-refractivity contribution in [1.29, 1.82) is 4.78 Å². The van der Waals surface area contributed by atoms with Crippen molar-refractivity contribution in [3.05, 3.63) is 63.3 Å². The first-order valence-corrected chi connectivity index (χ1v) is 12.2. The van der Waals surface area contributed by atoms with E-state index in [9.17, 15) is 22.2 Å². The van der Waals surface area contributed by atoms with Crippen molar-refractivity contribution in [2.24, 2.45) is 0 Å². The molecule has 1 heterocycles. The predicted octanol–water partition coefficient (Wildman–Crippen LogP) is 6.20. The van der Waals surface area contributed by atoms with Crippen LogP contribution in [-0.2, 0) is 15.9 Å². The number of nitrogens with zero attached hydrogens (tertiary/aromatic N) is 2. The molecule has 0 saturated carbocycles. The van der Waals surface area contributed by atoms with Crippen LogP contribution in [0.15, 0.2) is 41.3 Å². The topological polar surface area (TPSA) is 114 Å². The maximum atomic E-state index is 13.5. The molecule has 0 fully saturated rings. The summed E-state index contributed by atoms with van der Waals surface area (Å²) in [5.74, 6) is -1.57. The highest BCUT2D eigenvalue weighted by atomic mass is 35.5. The standard InChI is InChI=1S/C21H17Cl2F3N4O4S/c1-10-17(19(31)28-11-5-4-6-12(7-11)35(3,27)32)20(30-29-18(10)21(24,25)26)34-16-9-14(23)13(22)8-15(16)33-2/h4-9,27H,1-3H3,(H,28,31). The van der Waals surface area contributed by atoms with Crippen molar-refractivity contribution >= 4 is 44.5 Å². The molecule has 8 nitrogen and oxygen atoms in total. The molecule has 2 N–H and O–H groups in total. The smallest absolute Gasteiger partial charge is 0.435 e. The molecule has 0 aliphatic rings. The van der Waals surface area contributed by atoms with Gasteiger partial charge in [-0.2, -0.15) is 13.2 Å². The molecule has 2 aromatic carbocycles. The molecule has 3 rings (SSSR count). The molecule has 186 valence electrons. The molecule has 3 aromatic rings. The second kappa shape index (κ2) is 9.88. The van der Waals surface area contributed by atoms with Gasteiger partial charge in [-0.25, -0.2) is 8.99 Å². The largest absolute Gasteiger partial charge is 0.493 e. The highest BCUT2D eigenvalue weighted by Gasteiger charge is 2.38. The molecular formula is C21H17Cl2F3N4O4S. The number of aromatic nitrogens is 2. The van der Waals surface area contributed by atoms with Crippen LogP contribution in [0.4, 0.5) is 18.9 Å². The number of rotatable bonds is 6. The summed E-state index contributed by atoms with van der Waals surface area (Å²) in [6.07, 6.45) is -3.71. The Morgan fingerprint density at radius 3 is 2.31 bits per heavy atom. The number of alkyl halides is 3. The lowest BCUT2D eigenvalue weighted by atomic mass is 10.1. The van der Waals surface area contributed by atoms with Crippen LogP contribution in [0.1, 0.15) is 21.6 Å². The molecule has 35 heavy (non-hydrogen) atoms. The number of halogens is 5. The number of methoxy groups -OCH3 is 1. The zero-order valence-electron chi connectivity index (χ0n) is 18.3. The van der Waals surface area contributed by atoms with E-state index in [1.807, 2.05) is 0 Å². The van der Waals surface area contributed by atoms with E-state index in [4.69, 9.17) is 37.5 Å². The van der Waals surface area contributed by atoms with E-state index in [1.54, 1.807) is 0 Å². The third-order valence-electron chi connectivity index (χ3n) is 4.64. The molecule has 0 radical (unpaired) electrons. The number of anilines is 1. The first kappa shape index (κ1) is 26.5. The predicted molar refractivity (Wildman–Crippen MR) is 124 cm³/mol. The quantitative estimate of drug-likeness (QED) is 0.379. The highest BCUT2D eigenvalue weighted by molar-refractivity contribution is 7.91. The van der Waals surface area contributed by atoms with Gasteiger partial charge in [0.25, 0.3) is 11.8 Å². The molecule has 1 atom stereocenters. The zero-order chi connectivity index (χ0) is 26.1. The Labute approximate surface area is 208 Å². The summed E-state index contributed by atoms with van der Waals surface area (Å²) >= 11 is 12.0. The van der Waals surface area contributed by atoms with Crippen LogP contribution >= 0.6 is 23.2 Å². The molecular weight excluding hydrogens is 532 g/mol.